The van der Waals surface area contributed by atoms with E-state index in [1.807, 2.05) is 31.6 Å². The third kappa shape index (κ3) is 3.56. The van der Waals surface area contributed by atoms with Crippen molar-refractivity contribution in [3.05, 3.63) is 53.2 Å². The minimum absolute atomic E-state index is 0. The molecule has 7 heteroatoms. The van der Waals surface area contributed by atoms with E-state index in [1.54, 1.807) is 16.0 Å². The number of aromatic nitrogens is 2. The lowest BCUT2D eigenvalue weighted by Gasteiger charge is -2.17. The zero-order chi connectivity index (χ0) is 16.5. The molecule has 2 N–H and O–H groups in total. The Hall–Kier alpha value is -1.89. The van der Waals surface area contributed by atoms with Crippen molar-refractivity contribution in [1.29, 1.82) is 0 Å². The maximum absolute atomic E-state index is 12.7. The summed E-state index contributed by atoms with van der Waals surface area (Å²) in [7, 11) is 1.91. The van der Waals surface area contributed by atoms with Crippen LogP contribution in [0.5, 0.6) is 0 Å². The standard InChI is InChI=1S/C18H20N4OS.ClH/c1-22-10-12(7-21-22)15-8-19-9-16(15)18(23)20-6-13-11-24-17-5-3-2-4-14(13)17;/h2-5,7,10-11,15-16,19H,6,8-9H2,1H3,(H,20,23);1H/t15-,16+;/m1./s1. The molecule has 3 aromatic rings. The number of carbonyl (C=O) groups excluding carboxylic acids is 1. The van der Waals surface area contributed by atoms with Crippen LogP contribution in [0.15, 0.2) is 42.0 Å². The average molecular weight is 377 g/mol. The molecule has 2 atom stereocenters. The SMILES string of the molecule is Cl.Cn1cc([C@H]2CNC[C@@H]2C(=O)NCc2csc3ccccc23)cn1. The quantitative estimate of drug-likeness (QED) is 0.736. The highest BCUT2D eigenvalue weighted by Crippen LogP contribution is 2.29. The summed E-state index contributed by atoms with van der Waals surface area (Å²) in [5.41, 5.74) is 2.32. The van der Waals surface area contributed by atoms with E-state index in [0.717, 1.165) is 18.7 Å². The smallest absolute Gasteiger partial charge is 0.225 e. The number of amides is 1. The molecule has 1 fully saturated rings. The Labute approximate surface area is 156 Å². The molecule has 4 rings (SSSR count). The largest absolute Gasteiger partial charge is 0.352 e. The van der Waals surface area contributed by atoms with Gasteiger partial charge in [-0.3, -0.25) is 9.48 Å². The van der Waals surface area contributed by atoms with Crippen LogP contribution in [0.25, 0.3) is 10.1 Å². The molecule has 25 heavy (non-hydrogen) atoms. The van der Waals surface area contributed by atoms with E-state index in [2.05, 4.69) is 33.2 Å². The minimum Gasteiger partial charge on any atom is -0.352 e. The van der Waals surface area contributed by atoms with Crippen molar-refractivity contribution in [3.63, 3.8) is 0 Å². The highest BCUT2D eigenvalue weighted by Gasteiger charge is 2.34. The lowest BCUT2D eigenvalue weighted by Crippen LogP contribution is -2.33. The van der Waals surface area contributed by atoms with Gasteiger partial charge in [-0.25, -0.2) is 0 Å². The van der Waals surface area contributed by atoms with Crippen molar-refractivity contribution in [1.82, 2.24) is 20.4 Å². The normalized spacial score (nSPS) is 19.7. The summed E-state index contributed by atoms with van der Waals surface area (Å²) >= 11 is 1.72. The fraction of sp³-hybridized carbons (Fsp3) is 0.333. The van der Waals surface area contributed by atoms with E-state index in [-0.39, 0.29) is 30.2 Å². The molecule has 1 aromatic carbocycles. The van der Waals surface area contributed by atoms with E-state index >= 15 is 0 Å². The lowest BCUT2D eigenvalue weighted by atomic mass is 9.90. The van der Waals surface area contributed by atoms with Gasteiger partial charge in [0.2, 0.25) is 5.91 Å². The molecule has 5 nitrogen and oxygen atoms in total. The monoisotopic (exact) mass is 376 g/mol. The average Bonchev–Trinajstić information content (AvgIpc) is 3.31. The molecular formula is C18H21ClN4OS. The van der Waals surface area contributed by atoms with Crippen molar-refractivity contribution in [2.24, 2.45) is 13.0 Å². The molecule has 1 saturated heterocycles. The molecule has 1 amide bonds. The van der Waals surface area contributed by atoms with Gasteiger partial charge in [0, 0.05) is 43.5 Å². The molecule has 1 aliphatic heterocycles. The molecule has 0 saturated carbocycles. The molecule has 0 aliphatic carbocycles. The number of fused-ring (bicyclic) bond motifs is 1. The number of rotatable bonds is 4. The third-order valence-electron chi connectivity index (χ3n) is 4.72. The van der Waals surface area contributed by atoms with Gasteiger partial charge in [0.1, 0.15) is 0 Å². The van der Waals surface area contributed by atoms with Crippen LogP contribution in [0, 0.1) is 5.92 Å². The number of nitrogens with one attached hydrogen (secondary N) is 2. The highest BCUT2D eigenvalue weighted by molar-refractivity contribution is 7.17. The van der Waals surface area contributed by atoms with Gasteiger partial charge >= 0.3 is 0 Å². The first kappa shape index (κ1) is 17.9. The van der Waals surface area contributed by atoms with Crippen LogP contribution in [0.4, 0.5) is 0 Å². The van der Waals surface area contributed by atoms with Crippen LogP contribution in [0.1, 0.15) is 17.0 Å². The van der Waals surface area contributed by atoms with Gasteiger partial charge in [-0.2, -0.15) is 5.10 Å². The van der Waals surface area contributed by atoms with E-state index in [1.165, 1.54) is 15.6 Å². The van der Waals surface area contributed by atoms with Gasteiger partial charge in [-0.05, 0) is 28.0 Å². The van der Waals surface area contributed by atoms with E-state index < -0.39 is 0 Å². The molecule has 0 radical (unpaired) electrons. The van der Waals surface area contributed by atoms with Crippen LogP contribution in [-0.4, -0.2) is 28.8 Å². The first-order chi connectivity index (χ1) is 11.7. The maximum Gasteiger partial charge on any atom is 0.225 e. The summed E-state index contributed by atoms with van der Waals surface area (Å²) in [5, 5.41) is 14.1. The minimum atomic E-state index is -0.0425. The molecule has 2 aromatic heterocycles. The van der Waals surface area contributed by atoms with Crippen molar-refractivity contribution in [2.75, 3.05) is 13.1 Å². The molecule has 0 spiro atoms. The topological polar surface area (TPSA) is 59.0 Å². The summed E-state index contributed by atoms with van der Waals surface area (Å²) in [6.07, 6.45) is 3.87. The molecular weight excluding hydrogens is 356 g/mol. The van der Waals surface area contributed by atoms with Crippen molar-refractivity contribution in [2.45, 2.75) is 12.5 Å². The van der Waals surface area contributed by atoms with E-state index in [0.29, 0.717) is 6.54 Å². The summed E-state index contributed by atoms with van der Waals surface area (Å²) in [6.45, 7) is 2.13. The Morgan fingerprint density at radius 3 is 3.04 bits per heavy atom. The summed E-state index contributed by atoms with van der Waals surface area (Å²) in [6, 6.07) is 8.32. The first-order valence-electron chi connectivity index (χ1n) is 8.14. The maximum atomic E-state index is 12.7. The zero-order valence-corrected chi connectivity index (χ0v) is 15.6. The summed E-state index contributed by atoms with van der Waals surface area (Å²) in [5.74, 6) is 0.265. The number of aryl methyl sites for hydroxylation is 1. The number of thiophene rings is 1. The highest BCUT2D eigenvalue weighted by atomic mass is 35.5. The van der Waals surface area contributed by atoms with Crippen LogP contribution in [-0.2, 0) is 18.4 Å². The van der Waals surface area contributed by atoms with Crippen molar-refractivity contribution >= 4 is 39.7 Å². The summed E-state index contributed by atoms with van der Waals surface area (Å²) < 4.78 is 3.05. The Morgan fingerprint density at radius 1 is 1.40 bits per heavy atom. The van der Waals surface area contributed by atoms with Crippen molar-refractivity contribution < 1.29 is 4.79 Å². The van der Waals surface area contributed by atoms with Crippen molar-refractivity contribution in [3.8, 4) is 0 Å². The van der Waals surface area contributed by atoms with Gasteiger partial charge < -0.3 is 10.6 Å². The van der Waals surface area contributed by atoms with Crippen LogP contribution >= 0.6 is 23.7 Å². The van der Waals surface area contributed by atoms with Gasteiger partial charge in [-0.15, -0.1) is 23.7 Å². The molecule has 1 aliphatic rings. The predicted octanol–water partition coefficient (Wildman–Crippen LogP) is 2.68. The summed E-state index contributed by atoms with van der Waals surface area (Å²) in [4.78, 5) is 12.7. The van der Waals surface area contributed by atoms with Gasteiger partial charge in [0.05, 0.1) is 12.1 Å². The lowest BCUT2D eigenvalue weighted by molar-refractivity contribution is -0.125. The molecule has 0 bridgehead atoms. The van der Waals surface area contributed by atoms with Gasteiger partial charge in [-0.1, -0.05) is 18.2 Å². The van der Waals surface area contributed by atoms with Gasteiger partial charge in [0.15, 0.2) is 0 Å². The third-order valence-corrected chi connectivity index (χ3v) is 5.73. The van der Waals surface area contributed by atoms with Crippen LogP contribution in [0.2, 0.25) is 0 Å². The number of hydrogen-bond acceptors (Lipinski definition) is 4. The van der Waals surface area contributed by atoms with Crippen LogP contribution in [0.3, 0.4) is 0 Å². The van der Waals surface area contributed by atoms with Gasteiger partial charge in [0.25, 0.3) is 0 Å². The second kappa shape index (κ2) is 7.56. The second-order valence-corrected chi connectivity index (χ2v) is 7.20. The fourth-order valence-corrected chi connectivity index (χ4v) is 4.38. The molecule has 132 valence electrons. The number of halogens is 1. The number of benzene rings is 1. The number of nitrogens with zero attached hydrogens (tertiary/aromatic N) is 2. The predicted molar refractivity (Wildman–Crippen MR) is 103 cm³/mol. The second-order valence-electron chi connectivity index (χ2n) is 6.29. The Bertz CT molecular complexity index is 875. The van der Waals surface area contributed by atoms with E-state index in [4.69, 9.17) is 0 Å². The zero-order valence-electron chi connectivity index (χ0n) is 13.9. The number of carbonyl (C=O) groups is 1. The van der Waals surface area contributed by atoms with E-state index in [9.17, 15) is 4.79 Å². The molecule has 0 unspecified atom stereocenters. The molecule has 3 heterocycles. The first-order valence-corrected chi connectivity index (χ1v) is 9.02. The van der Waals surface area contributed by atoms with Crippen LogP contribution < -0.4 is 10.6 Å². The fourth-order valence-electron chi connectivity index (χ4n) is 3.42. The Kier molecular flexibility index (Phi) is 5.42. The Balaban J connectivity index is 0.00000182. The Morgan fingerprint density at radius 2 is 2.24 bits per heavy atom. The number of hydrogen-bond donors (Lipinski definition) is 2.